The summed E-state index contributed by atoms with van der Waals surface area (Å²) in [5.74, 6) is -0.0700. The topological polar surface area (TPSA) is 53.4 Å². The van der Waals surface area contributed by atoms with Crippen molar-refractivity contribution in [2.45, 2.75) is 38.3 Å². The number of pyridine rings is 1. The Kier molecular flexibility index (Phi) is 3.73. The molecule has 1 saturated heterocycles. The largest absolute Gasteiger partial charge is 0.393 e. The van der Waals surface area contributed by atoms with Crippen LogP contribution in [0.1, 0.15) is 37.2 Å². The molecule has 0 aliphatic carbocycles. The van der Waals surface area contributed by atoms with Gasteiger partial charge in [-0.15, -0.1) is 0 Å². The third-order valence-electron chi connectivity index (χ3n) is 3.34. The van der Waals surface area contributed by atoms with Crippen molar-refractivity contribution in [1.29, 1.82) is 0 Å². The molecule has 5 heteroatoms. The average Bonchev–Trinajstić information content (AvgIpc) is 2.28. The lowest BCUT2D eigenvalue weighted by atomic mass is 9.88. The van der Waals surface area contributed by atoms with E-state index in [1.165, 1.54) is 0 Å². The molecule has 1 aromatic heterocycles. The summed E-state index contributed by atoms with van der Waals surface area (Å²) in [6, 6.07) is 3.53. The van der Waals surface area contributed by atoms with E-state index in [1.54, 1.807) is 17.2 Å². The number of aliphatic hydroxyl groups is 1. The van der Waals surface area contributed by atoms with Crippen LogP contribution in [0.15, 0.2) is 22.8 Å². The van der Waals surface area contributed by atoms with Crippen LogP contribution < -0.4 is 0 Å². The molecule has 2 rings (SSSR count). The number of amides is 1. The monoisotopic (exact) mass is 312 g/mol. The van der Waals surface area contributed by atoms with E-state index in [4.69, 9.17) is 0 Å². The normalized spacial score (nSPS) is 22.9. The second-order valence-electron chi connectivity index (χ2n) is 5.28. The average molecular weight is 313 g/mol. The van der Waals surface area contributed by atoms with Gasteiger partial charge in [0.15, 0.2) is 0 Å². The smallest absolute Gasteiger partial charge is 0.272 e. The lowest BCUT2D eigenvalue weighted by Crippen LogP contribution is -2.54. The molecular formula is C13H17BrN2O2. The number of piperidine rings is 1. The number of halogens is 1. The Morgan fingerprint density at radius 2 is 2.28 bits per heavy atom. The zero-order valence-electron chi connectivity index (χ0n) is 10.6. The summed E-state index contributed by atoms with van der Waals surface area (Å²) >= 11 is 3.30. The lowest BCUT2D eigenvalue weighted by Gasteiger charge is -2.44. The van der Waals surface area contributed by atoms with Crippen LogP contribution in [0.4, 0.5) is 0 Å². The molecule has 0 spiro atoms. The van der Waals surface area contributed by atoms with Gasteiger partial charge in [-0.1, -0.05) is 0 Å². The number of hydrogen-bond donors (Lipinski definition) is 1. The summed E-state index contributed by atoms with van der Waals surface area (Å²) < 4.78 is 0.854. The van der Waals surface area contributed by atoms with E-state index < -0.39 is 0 Å². The van der Waals surface area contributed by atoms with Gasteiger partial charge < -0.3 is 10.0 Å². The Hall–Kier alpha value is -0.940. The van der Waals surface area contributed by atoms with Crippen LogP contribution >= 0.6 is 15.9 Å². The first kappa shape index (κ1) is 13.5. The Morgan fingerprint density at radius 3 is 2.83 bits per heavy atom. The molecule has 0 bridgehead atoms. The molecule has 98 valence electrons. The van der Waals surface area contributed by atoms with Crippen LogP contribution in [0.5, 0.6) is 0 Å². The minimum absolute atomic E-state index is 0.0700. The highest BCUT2D eigenvalue weighted by Crippen LogP contribution is 2.28. The summed E-state index contributed by atoms with van der Waals surface area (Å²) in [4.78, 5) is 18.3. The van der Waals surface area contributed by atoms with Gasteiger partial charge in [0.05, 0.1) is 6.10 Å². The molecule has 1 amide bonds. The van der Waals surface area contributed by atoms with E-state index in [-0.39, 0.29) is 17.6 Å². The molecule has 1 aliphatic heterocycles. The van der Waals surface area contributed by atoms with Crippen LogP contribution in [-0.2, 0) is 0 Å². The van der Waals surface area contributed by atoms with Crippen molar-refractivity contribution in [3.63, 3.8) is 0 Å². The van der Waals surface area contributed by atoms with E-state index >= 15 is 0 Å². The molecule has 0 saturated carbocycles. The summed E-state index contributed by atoms with van der Waals surface area (Å²) in [6.07, 6.45) is 2.54. The summed E-state index contributed by atoms with van der Waals surface area (Å²) in [5.41, 5.74) is 0.117. The number of nitrogens with zero attached hydrogens (tertiary/aromatic N) is 2. The zero-order chi connectivity index (χ0) is 13.3. The van der Waals surface area contributed by atoms with Gasteiger partial charge in [0.2, 0.25) is 0 Å². The second-order valence-corrected chi connectivity index (χ2v) is 6.19. The first-order valence-corrected chi connectivity index (χ1v) is 6.81. The molecule has 1 N–H and O–H groups in total. The van der Waals surface area contributed by atoms with Gasteiger partial charge in [-0.25, -0.2) is 4.98 Å². The lowest BCUT2D eigenvalue weighted by molar-refractivity contribution is 0.00292. The van der Waals surface area contributed by atoms with Crippen molar-refractivity contribution in [2.24, 2.45) is 0 Å². The Labute approximate surface area is 115 Å². The fourth-order valence-electron chi connectivity index (χ4n) is 2.39. The molecule has 0 aromatic carbocycles. The van der Waals surface area contributed by atoms with Crippen molar-refractivity contribution >= 4 is 21.8 Å². The van der Waals surface area contributed by atoms with Gasteiger partial charge in [-0.2, -0.15) is 0 Å². The Morgan fingerprint density at radius 1 is 1.56 bits per heavy atom. The van der Waals surface area contributed by atoms with Gasteiger partial charge in [-0.3, -0.25) is 4.79 Å². The zero-order valence-corrected chi connectivity index (χ0v) is 12.1. The van der Waals surface area contributed by atoms with Crippen LogP contribution in [0.25, 0.3) is 0 Å². The molecule has 1 unspecified atom stereocenters. The van der Waals surface area contributed by atoms with Gasteiger partial charge >= 0.3 is 0 Å². The fourth-order valence-corrected chi connectivity index (χ4v) is 2.62. The van der Waals surface area contributed by atoms with Crippen molar-refractivity contribution in [3.05, 3.63) is 28.5 Å². The number of carbonyl (C=O) groups is 1. The van der Waals surface area contributed by atoms with Gasteiger partial charge in [0, 0.05) is 22.8 Å². The maximum Gasteiger partial charge on any atom is 0.272 e. The first-order chi connectivity index (χ1) is 8.40. The molecule has 1 fully saturated rings. The highest BCUT2D eigenvalue weighted by Gasteiger charge is 2.37. The third-order valence-corrected chi connectivity index (χ3v) is 3.81. The van der Waals surface area contributed by atoms with E-state index in [1.807, 2.05) is 19.9 Å². The molecule has 1 aromatic rings. The minimum Gasteiger partial charge on any atom is -0.393 e. The number of aliphatic hydroxyl groups excluding tert-OH is 1. The van der Waals surface area contributed by atoms with Crippen LogP contribution in [-0.4, -0.2) is 39.1 Å². The van der Waals surface area contributed by atoms with Crippen LogP contribution in [0.2, 0.25) is 0 Å². The standard InChI is InChI=1S/C13H17BrN2O2/c1-13(2)7-10(17)5-6-16(13)12(18)11-4-3-9(14)8-15-11/h3-4,8,10,17H,5-7H2,1-2H3. The number of carbonyl (C=O) groups excluding carboxylic acids is 1. The van der Waals surface area contributed by atoms with E-state index in [0.29, 0.717) is 25.1 Å². The summed E-state index contributed by atoms with van der Waals surface area (Å²) in [6.45, 7) is 4.53. The maximum atomic E-state index is 12.4. The fraction of sp³-hybridized carbons (Fsp3) is 0.538. The van der Waals surface area contributed by atoms with Crippen molar-refractivity contribution in [3.8, 4) is 0 Å². The Balaban J connectivity index is 2.20. The molecule has 0 radical (unpaired) electrons. The van der Waals surface area contributed by atoms with Gasteiger partial charge in [-0.05, 0) is 54.8 Å². The molecule has 4 nitrogen and oxygen atoms in total. The molecule has 2 heterocycles. The third kappa shape index (κ3) is 2.72. The molecular weight excluding hydrogens is 296 g/mol. The number of rotatable bonds is 1. The van der Waals surface area contributed by atoms with Gasteiger partial charge in [0.1, 0.15) is 5.69 Å². The molecule has 1 atom stereocenters. The summed E-state index contributed by atoms with van der Waals surface area (Å²) in [5, 5.41) is 9.69. The summed E-state index contributed by atoms with van der Waals surface area (Å²) in [7, 11) is 0. The second kappa shape index (κ2) is 4.97. The predicted octanol–water partition coefficient (Wildman–Crippen LogP) is 2.22. The van der Waals surface area contributed by atoms with Crippen molar-refractivity contribution < 1.29 is 9.90 Å². The minimum atomic E-state index is -0.330. The number of hydrogen-bond acceptors (Lipinski definition) is 3. The van der Waals surface area contributed by atoms with Crippen molar-refractivity contribution in [2.75, 3.05) is 6.54 Å². The maximum absolute atomic E-state index is 12.4. The van der Waals surface area contributed by atoms with Crippen LogP contribution in [0.3, 0.4) is 0 Å². The quantitative estimate of drug-likeness (QED) is 0.865. The number of aromatic nitrogens is 1. The highest BCUT2D eigenvalue weighted by molar-refractivity contribution is 9.10. The Bertz CT molecular complexity index is 445. The molecule has 18 heavy (non-hydrogen) atoms. The van der Waals surface area contributed by atoms with E-state index in [9.17, 15) is 9.90 Å². The number of likely N-dealkylation sites (tertiary alicyclic amines) is 1. The van der Waals surface area contributed by atoms with E-state index in [0.717, 1.165) is 4.47 Å². The van der Waals surface area contributed by atoms with Crippen LogP contribution in [0, 0.1) is 0 Å². The first-order valence-electron chi connectivity index (χ1n) is 6.02. The van der Waals surface area contributed by atoms with Gasteiger partial charge in [0.25, 0.3) is 5.91 Å². The predicted molar refractivity (Wildman–Crippen MR) is 72.3 cm³/mol. The molecule has 1 aliphatic rings. The SMILES string of the molecule is CC1(C)CC(O)CCN1C(=O)c1ccc(Br)cn1. The van der Waals surface area contributed by atoms with Crippen molar-refractivity contribution in [1.82, 2.24) is 9.88 Å². The highest BCUT2D eigenvalue weighted by atomic mass is 79.9. The van der Waals surface area contributed by atoms with E-state index in [2.05, 4.69) is 20.9 Å².